The van der Waals surface area contributed by atoms with Gasteiger partial charge in [-0.1, -0.05) is 46.3 Å². The number of carbonyl (C=O) groups excluding carboxylic acids is 2. The quantitative estimate of drug-likeness (QED) is 0.352. The minimum atomic E-state index is -0.597. The highest BCUT2D eigenvalue weighted by Gasteiger charge is 2.23. The third-order valence-corrected chi connectivity index (χ3v) is 5.27. The van der Waals surface area contributed by atoms with Gasteiger partial charge in [0, 0.05) is 23.3 Å². The number of methoxy groups -OCH3 is 1. The molecular weight excluding hydrogens is 462 g/mol. The topological polar surface area (TPSA) is 73.7 Å². The molecule has 0 N–H and O–H groups in total. The molecule has 1 heterocycles. The second kappa shape index (κ2) is 10.4. The molecule has 3 rings (SSSR count). The van der Waals surface area contributed by atoms with Crippen LogP contribution in [0.15, 0.2) is 59.1 Å². The first-order chi connectivity index (χ1) is 14.9. The Kier molecular flexibility index (Phi) is 7.59. The predicted octanol–water partition coefficient (Wildman–Crippen LogP) is 4.23. The first-order valence-corrected chi connectivity index (χ1v) is 10.5. The summed E-state index contributed by atoms with van der Waals surface area (Å²) in [6, 6.07) is 16.9. The molecule has 162 valence electrons. The number of aryl methyl sites for hydroxylation is 1. The number of carbonyl (C=O) groups is 2. The molecule has 0 fully saturated rings. The maximum absolute atomic E-state index is 13.2. The van der Waals surface area contributed by atoms with Gasteiger partial charge in [0.05, 0.1) is 26.9 Å². The van der Waals surface area contributed by atoms with E-state index in [0.29, 0.717) is 19.8 Å². The molecule has 2 aromatic carbocycles. The zero-order valence-electron chi connectivity index (χ0n) is 17.7. The maximum atomic E-state index is 13.2. The normalized spacial score (nSPS) is 10.7. The molecule has 0 aliphatic carbocycles. The number of anilines is 1. The van der Waals surface area contributed by atoms with Crippen molar-refractivity contribution in [2.45, 2.75) is 20.1 Å². The Balaban J connectivity index is 1.78. The van der Waals surface area contributed by atoms with Crippen LogP contribution in [-0.2, 0) is 22.6 Å². The molecule has 3 aromatic rings. The first-order valence-electron chi connectivity index (χ1n) is 9.72. The summed E-state index contributed by atoms with van der Waals surface area (Å²) in [7, 11) is 2.97. The van der Waals surface area contributed by atoms with Gasteiger partial charge in [0.25, 0.3) is 5.91 Å². The van der Waals surface area contributed by atoms with Crippen molar-refractivity contribution in [2.24, 2.45) is 0 Å². The number of ether oxygens (including phenoxy) is 2. The maximum Gasteiger partial charge on any atom is 0.358 e. The zero-order chi connectivity index (χ0) is 22.4. The van der Waals surface area contributed by atoms with E-state index in [4.69, 9.17) is 9.47 Å². The molecule has 0 saturated heterocycles. The number of hydrogen-bond acceptors (Lipinski definition) is 5. The van der Waals surface area contributed by atoms with Crippen LogP contribution in [0.5, 0.6) is 0 Å². The summed E-state index contributed by atoms with van der Waals surface area (Å²) in [6.07, 6.45) is 0. The van der Waals surface area contributed by atoms with E-state index in [0.717, 1.165) is 21.3 Å². The molecule has 1 aromatic heterocycles. The van der Waals surface area contributed by atoms with Crippen LogP contribution in [0, 0.1) is 6.92 Å². The summed E-state index contributed by atoms with van der Waals surface area (Å²) in [5.41, 5.74) is 3.12. The molecule has 0 aliphatic rings. The fourth-order valence-electron chi connectivity index (χ4n) is 3.16. The summed E-state index contributed by atoms with van der Waals surface area (Å²) >= 11 is 3.44. The average Bonchev–Trinajstić information content (AvgIpc) is 3.20. The summed E-state index contributed by atoms with van der Waals surface area (Å²) in [6.45, 7) is 3.03. The Morgan fingerprint density at radius 1 is 1.13 bits per heavy atom. The number of amides is 1. The predicted molar refractivity (Wildman–Crippen MR) is 121 cm³/mol. The van der Waals surface area contributed by atoms with Crippen LogP contribution >= 0.6 is 15.9 Å². The molecule has 0 aliphatic heterocycles. The van der Waals surface area contributed by atoms with Gasteiger partial charge in [0.1, 0.15) is 5.69 Å². The number of nitrogens with zero attached hydrogens (tertiary/aromatic N) is 3. The average molecular weight is 486 g/mol. The number of aromatic nitrogens is 2. The standard InChI is InChI=1S/C23H24BrN3O4/c1-16-13-18(24)9-10-20(16)26(2)22(28)21-14-19(23(29)30-3)25-27(21)11-12-31-15-17-7-5-4-6-8-17/h4-10,13-14H,11-12,15H2,1-3H3. The van der Waals surface area contributed by atoms with Crippen LogP contribution in [0.25, 0.3) is 0 Å². The smallest absolute Gasteiger partial charge is 0.358 e. The molecule has 31 heavy (non-hydrogen) atoms. The van der Waals surface area contributed by atoms with Crippen LogP contribution in [0.1, 0.15) is 32.1 Å². The van der Waals surface area contributed by atoms with E-state index >= 15 is 0 Å². The lowest BCUT2D eigenvalue weighted by Crippen LogP contribution is -2.29. The largest absolute Gasteiger partial charge is 0.464 e. The van der Waals surface area contributed by atoms with Crippen LogP contribution in [0.4, 0.5) is 5.69 Å². The van der Waals surface area contributed by atoms with Gasteiger partial charge >= 0.3 is 5.97 Å². The lowest BCUT2D eigenvalue weighted by molar-refractivity contribution is 0.0591. The van der Waals surface area contributed by atoms with Crippen molar-refractivity contribution in [3.63, 3.8) is 0 Å². The Labute approximate surface area is 189 Å². The number of esters is 1. The highest BCUT2D eigenvalue weighted by molar-refractivity contribution is 9.10. The van der Waals surface area contributed by atoms with E-state index in [2.05, 4.69) is 21.0 Å². The van der Waals surface area contributed by atoms with E-state index in [1.807, 2.05) is 55.5 Å². The van der Waals surface area contributed by atoms with Gasteiger partial charge < -0.3 is 14.4 Å². The van der Waals surface area contributed by atoms with Crippen molar-refractivity contribution in [1.29, 1.82) is 0 Å². The van der Waals surface area contributed by atoms with Gasteiger partial charge in [-0.3, -0.25) is 9.48 Å². The molecule has 0 atom stereocenters. The number of rotatable bonds is 8. The second-order valence-electron chi connectivity index (χ2n) is 6.96. The zero-order valence-corrected chi connectivity index (χ0v) is 19.3. The summed E-state index contributed by atoms with van der Waals surface area (Å²) in [5, 5.41) is 4.27. The molecule has 0 spiro atoms. The number of benzene rings is 2. The summed E-state index contributed by atoms with van der Waals surface area (Å²) in [5.74, 6) is -0.878. The van der Waals surface area contributed by atoms with E-state index in [-0.39, 0.29) is 17.3 Å². The molecule has 1 amide bonds. The molecule has 0 bridgehead atoms. The number of halogens is 1. The van der Waals surface area contributed by atoms with Gasteiger partial charge in [-0.15, -0.1) is 0 Å². The Morgan fingerprint density at radius 2 is 1.87 bits per heavy atom. The van der Waals surface area contributed by atoms with Crippen molar-refractivity contribution >= 4 is 33.5 Å². The first kappa shape index (κ1) is 22.7. The van der Waals surface area contributed by atoms with E-state index < -0.39 is 5.97 Å². The molecule has 7 nitrogen and oxygen atoms in total. The molecule has 0 unspecified atom stereocenters. The highest BCUT2D eigenvalue weighted by atomic mass is 79.9. The van der Waals surface area contributed by atoms with Gasteiger partial charge in [-0.05, 0) is 36.2 Å². The van der Waals surface area contributed by atoms with Crippen molar-refractivity contribution in [2.75, 3.05) is 25.7 Å². The molecule has 0 radical (unpaired) electrons. The highest BCUT2D eigenvalue weighted by Crippen LogP contribution is 2.24. The molecular formula is C23H24BrN3O4. The van der Waals surface area contributed by atoms with Crippen molar-refractivity contribution in [3.05, 3.63) is 81.6 Å². The van der Waals surface area contributed by atoms with Gasteiger partial charge in [-0.2, -0.15) is 5.10 Å². The fraction of sp³-hybridized carbons (Fsp3) is 0.261. The minimum Gasteiger partial charge on any atom is -0.464 e. The van der Waals surface area contributed by atoms with Crippen molar-refractivity contribution < 1.29 is 19.1 Å². The SMILES string of the molecule is COC(=O)c1cc(C(=O)N(C)c2ccc(Br)cc2C)n(CCOCc2ccccc2)n1. The minimum absolute atomic E-state index is 0.0786. The third kappa shape index (κ3) is 5.59. The third-order valence-electron chi connectivity index (χ3n) is 4.78. The van der Waals surface area contributed by atoms with Crippen LogP contribution < -0.4 is 4.90 Å². The Hall–Kier alpha value is -2.97. The van der Waals surface area contributed by atoms with Crippen molar-refractivity contribution in [3.8, 4) is 0 Å². The van der Waals surface area contributed by atoms with Crippen LogP contribution in [0.3, 0.4) is 0 Å². The summed E-state index contributed by atoms with van der Waals surface area (Å²) in [4.78, 5) is 26.8. The van der Waals surface area contributed by atoms with E-state index in [1.54, 1.807) is 11.9 Å². The Morgan fingerprint density at radius 3 is 2.55 bits per heavy atom. The van der Waals surface area contributed by atoms with Crippen molar-refractivity contribution in [1.82, 2.24) is 9.78 Å². The summed E-state index contributed by atoms with van der Waals surface area (Å²) < 4.78 is 12.9. The lowest BCUT2D eigenvalue weighted by Gasteiger charge is -2.20. The Bertz CT molecular complexity index is 1070. The fourth-order valence-corrected chi connectivity index (χ4v) is 3.63. The van der Waals surface area contributed by atoms with Crippen LogP contribution in [-0.4, -0.2) is 42.4 Å². The lowest BCUT2D eigenvalue weighted by atomic mass is 10.2. The molecule has 8 heteroatoms. The van der Waals surface area contributed by atoms with E-state index in [9.17, 15) is 9.59 Å². The van der Waals surface area contributed by atoms with Gasteiger partial charge in [0.15, 0.2) is 5.69 Å². The van der Waals surface area contributed by atoms with Gasteiger partial charge in [0.2, 0.25) is 0 Å². The van der Waals surface area contributed by atoms with E-state index in [1.165, 1.54) is 17.9 Å². The monoisotopic (exact) mass is 485 g/mol. The van der Waals surface area contributed by atoms with Crippen LogP contribution in [0.2, 0.25) is 0 Å². The molecule has 0 saturated carbocycles. The van der Waals surface area contributed by atoms with Gasteiger partial charge in [-0.25, -0.2) is 4.79 Å². The second-order valence-corrected chi connectivity index (χ2v) is 7.88. The number of hydrogen-bond donors (Lipinski definition) is 0.